The van der Waals surface area contributed by atoms with Crippen molar-refractivity contribution in [1.82, 2.24) is 10.6 Å². The normalized spacial score (nSPS) is 17.1. The fraction of sp³-hybridized carbons (Fsp3) is 0.464. The molecule has 0 heterocycles. The monoisotopic (exact) mass is 478 g/mol. The number of fused-ring (bicyclic) bond motifs is 3. The highest BCUT2D eigenvalue weighted by atomic mass is 16.5. The summed E-state index contributed by atoms with van der Waals surface area (Å²) in [5, 5.41) is 15.1. The molecular formula is C28H34N2O5. The Bertz CT molecular complexity index is 1020. The number of carboxylic acid groups (broad SMARTS) is 1. The first-order valence-corrected chi connectivity index (χ1v) is 12.6. The van der Waals surface area contributed by atoms with Crippen molar-refractivity contribution in [3.8, 4) is 11.1 Å². The molecule has 0 aromatic heterocycles. The quantitative estimate of drug-likeness (QED) is 0.478. The Morgan fingerprint density at radius 1 is 0.943 bits per heavy atom. The van der Waals surface area contributed by atoms with Crippen LogP contribution in [0.1, 0.15) is 68.9 Å². The Morgan fingerprint density at radius 2 is 1.54 bits per heavy atom. The van der Waals surface area contributed by atoms with Crippen molar-refractivity contribution in [2.75, 3.05) is 6.61 Å². The second-order valence-electron chi connectivity index (χ2n) is 9.56. The van der Waals surface area contributed by atoms with Gasteiger partial charge in [0, 0.05) is 18.4 Å². The highest BCUT2D eigenvalue weighted by Crippen LogP contribution is 2.44. The van der Waals surface area contributed by atoms with Crippen LogP contribution < -0.4 is 10.6 Å². The van der Waals surface area contributed by atoms with Gasteiger partial charge < -0.3 is 20.5 Å². The van der Waals surface area contributed by atoms with Crippen LogP contribution in [0.25, 0.3) is 11.1 Å². The molecule has 2 aliphatic rings. The topological polar surface area (TPSA) is 105 Å². The number of alkyl carbamates (subject to hydrolysis) is 1. The van der Waals surface area contributed by atoms with Crippen LogP contribution in [0.15, 0.2) is 48.5 Å². The summed E-state index contributed by atoms with van der Waals surface area (Å²) in [4.78, 5) is 37.0. The maximum atomic E-state index is 12.6. The number of carbonyl (C=O) groups is 3. The summed E-state index contributed by atoms with van der Waals surface area (Å²) < 4.78 is 5.59. The van der Waals surface area contributed by atoms with E-state index in [1.165, 1.54) is 0 Å². The van der Waals surface area contributed by atoms with Crippen LogP contribution in [0.5, 0.6) is 0 Å². The summed E-state index contributed by atoms with van der Waals surface area (Å²) in [6, 6.07) is 15.0. The van der Waals surface area contributed by atoms with Gasteiger partial charge in [-0.1, -0.05) is 74.7 Å². The molecule has 2 atom stereocenters. The number of aliphatic carboxylic acids is 1. The molecule has 2 aromatic carbocycles. The van der Waals surface area contributed by atoms with Gasteiger partial charge in [0.25, 0.3) is 0 Å². The van der Waals surface area contributed by atoms with Crippen LogP contribution in [0, 0.1) is 5.92 Å². The molecule has 0 aliphatic heterocycles. The van der Waals surface area contributed by atoms with E-state index in [4.69, 9.17) is 4.74 Å². The number of nitrogens with one attached hydrogen (secondary N) is 2. The molecule has 0 saturated heterocycles. The van der Waals surface area contributed by atoms with E-state index in [-0.39, 0.29) is 30.8 Å². The average molecular weight is 479 g/mol. The highest BCUT2D eigenvalue weighted by Gasteiger charge is 2.32. The molecule has 2 aromatic rings. The molecule has 35 heavy (non-hydrogen) atoms. The zero-order valence-corrected chi connectivity index (χ0v) is 20.2. The first-order valence-electron chi connectivity index (χ1n) is 12.6. The first-order chi connectivity index (χ1) is 17.0. The number of rotatable bonds is 9. The summed E-state index contributed by atoms with van der Waals surface area (Å²) in [7, 11) is 0. The number of benzene rings is 2. The minimum atomic E-state index is -0.997. The number of ether oxygens (including phenoxy) is 1. The predicted molar refractivity (Wildman–Crippen MR) is 133 cm³/mol. The van der Waals surface area contributed by atoms with E-state index in [2.05, 4.69) is 34.9 Å². The van der Waals surface area contributed by atoms with E-state index in [1.807, 2.05) is 31.2 Å². The molecule has 3 N–H and O–H groups in total. The molecule has 2 aliphatic carbocycles. The van der Waals surface area contributed by atoms with Crippen molar-refractivity contribution >= 4 is 18.0 Å². The van der Waals surface area contributed by atoms with Gasteiger partial charge in [-0.15, -0.1) is 0 Å². The van der Waals surface area contributed by atoms with Crippen LogP contribution in [0.2, 0.25) is 0 Å². The molecule has 0 bridgehead atoms. The second-order valence-corrected chi connectivity index (χ2v) is 9.56. The van der Waals surface area contributed by atoms with Gasteiger partial charge in [-0.25, -0.2) is 9.59 Å². The van der Waals surface area contributed by atoms with Crippen LogP contribution in [0.4, 0.5) is 4.79 Å². The van der Waals surface area contributed by atoms with Gasteiger partial charge in [0.05, 0.1) is 0 Å². The van der Waals surface area contributed by atoms with E-state index >= 15 is 0 Å². The first kappa shape index (κ1) is 24.8. The lowest BCUT2D eigenvalue weighted by atomic mass is 9.84. The standard InChI is InChI=1S/C28H34N2O5/c1-2-19(16-25(31)30-26(27(32)33)18-10-4-3-5-11-18)29-28(34)35-17-24-22-14-8-6-12-20(22)21-13-7-9-15-23(21)24/h6-9,12-15,18-19,24,26H,2-5,10-11,16-17H2,1H3,(H,29,34)(H,30,31)(H,32,33)/t19-,26?/m1/s1. The van der Waals surface area contributed by atoms with Gasteiger partial charge in [0.15, 0.2) is 0 Å². The third-order valence-corrected chi connectivity index (χ3v) is 7.29. The van der Waals surface area contributed by atoms with Crippen LogP contribution in [0.3, 0.4) is 0 Å². The smallest absolute Gasteiger partial charge is 0.407 e. The maximum Gasteiger partial charge on any atom is 0.407 e. The molecule has 0 radical (unpaired) electrons. The molecule has 1 unspecified atom stereocenters. The summed E-state index contributed by atoms with van der Waals surface area (Å²) in [6.07, 6.45) is 4.68. The van der Waals surface area contributed by atoms with E-state index < -0.39 is 24.1 Å². The summed E-state index contributed by atoms with van der Waals surface area (Å²) in [5.74, 6) is -1.44. The Morgan fingerprint density at radius 3 is 2.11 bits per heavy atom. The molecule has 1 fully saturated rings. The minimum Gasteiger partial charge on any atom is -0.480 e. The average Bonchev–Trinajstić information content (AvgIpc) is 3.19. The SMILES string of the molecule is CC[C@H](CC(=O)NC(C(=O)O)C1CCCCC1)NC(=O)OCC1c2ccccc2-c2ccccc21. The van der Waals surface area contributed by atoms with Crippen molar-refractivity contribution in [2.24, 2.45) is 5.92 Å². The lowest BCUT2D eigenvalue weighted by Gasteiger charge is -2.28. The zero-order chi connectivity index (χ0) is 24.8. The minimum absolute atomic E-state index is 0.0111. The number of carboxylic acids is 1. The summed E-state index contributed by atoms with van der Waals surface area (Å²) >= 11 is 0. The molecule has 4 rings (SSSR count). The van der Waals surface area contributed by atoms with Crippen LogP contribution in [-0.4, -0.2) is 41.8 Å². The Hall–Kier alpha value is -3.35. The summed E-state index contributed by atoms with van der Waals surface area (Å²) in [5.41, 5.74) is 4.59. The Kier molecular flexibility index (Phi) is 8.06. The third-order valence-electron chi connectivity index (χ3n) is 7.29. The number of carbonyl (C=O) groups excluding carboxylic acids is 2. The van der Waals surface area contributed by atoms with Gasteiger partial charge in [-0.3, -0.25) is 4.79 Å². The lowest BCUT2D eigenvalue weighted by Crippen LogP contribution is -2.48. The Balaban J connectivity index is 1.31. The van der Waals surface area contributed by atoms with Gasteiger partial charge >= 0.3 is 12.1 Å². The zero-order valence-electron chi connectivity index (χ0n) is 20.2. The molecular weight excluding hydrogens is 444 g/mol. The molecule has 2 amide bonds. The number of hydrogen-bond acceptors (Lipinski definition) is 4. The fourth-order valence-electron chi connectivity index (χ4n) is 5.41. The van der Waals surface area contributed by atoms with Crippen molar-refractivity contribution in [3.05, 3.63) is 59.7 Å². The van der Waals surface area contributed by atoms with Crippen LogP contribution >= 0.6 is 0 Å². The van der Waals surface area contributed by atoms with E-state index in [1.54, 1.807) is 0 Å². The Labute approximate surface area is 206 Å². The molecule has 7 heteroatoms. The van der Waals surface area contributed by atoms with Gasteiger partial charge in [-0.2, -0.15) is 0 Å². The molecule has 7 nitrogen and oxygen atoms in total. The second kappa shape index (κ2) is 11.4. The van der Waals surface area contributed by atoms with Crippen molar-refractivity contribution in [2.45, 2.75) is 69.9 Å². The van der Waals surface area contributed by atoms with E-state index in [9.17, 15) is 19.5 Å². The number of hydrogen-bond donors (Lipinski definition) is 3. The molecule has 186 valence electrons. The van der Waals surface area contributed by atoms with E-state index in [0.29, 0.717) is 6.42 Å². The summed E-state index contributed by atoms with van der Waals surface area (Å²) in [6.45, 7) is 2.07. The highest BCUT2D eigenvalue weighted by molar-refractivity contribution is 5.84. The fourth-order valence-corrected chi connectivity index (χ4v) is 5.41. The molecule has 1 saturated carbocycles. The van der Waals surface area contributed by atoms with E-state index in [0.717, 1.165) is 54.4 Å². The van der Waals surface area contributed by atoms with Crippen molar-refractivity contribution in [3.63, 3.8) is 0 Å². The van der Waals surface area contributed by atoms with Crippen molar-refractivity contribution in [1.29, 1.82) is 0 Å². The maximum absolute atomic E-state index is 12.6. The molecule has 0 spiro atoms. The van der Waals surface area contributed by atoms with Crippen LogP contribution in [-0.2, 0) is 14.3 Å². The van der Waals surface area contributed by atoms with Gasteiger partial charge in [0.1, 0.15) is 12.6 Å². The largest absolute Gasteiger partial charge is 0.480 e. The predicted octanol–water partition coefficient (Wildman–Crippen LogP) is 4.84. The lowest BCUT2D eigenvalue weighted by molar-refractivity contribution is -0.144. The van der Waals surface area contributed by atoms with Gasteiger partial charge in [0.2, 0.25) is 5.91 Å². The van der Waals surface area contributed by atoms with Gasteiger partial charge in [-0.05, 0) is 47.4 Å². The number of amides is 2. The third kappa shape index (κ3) is 5.84. The van der Waals surface area contributed by atoms with Crippen molar-refractivity contribution < 1.29 is 24.2 Å².